The number of fused-ring (bicyclic) bond motifs is 2. The number of aromatic amines is 1. The predicted molar refractivity (Wildman–Crippen MR) is 348 cm³/mol. The molecule has 10 rings (SSSR count). The highest BCUT2D eigenvalue weighted by Crippen LogP contribution is 2.61. The van der Waals surface area contributed by atoms with Gasteiger partial charge >= 0.3 is 29.1 Å². The Labute approximate surface area is 544 Å². The SMILES string of the molecule is CC1(C)OC(=O)C(=CNc2ccc(S(C)(=O)=O)cc2)C(=O)O1.CC1(C)OC(=O)CC(=O)O1.CS(=O)(=O)c1ccc(N)cc1.CS(=O)(=O)c1ccc2[nH]ccc(=O)c2c1.CS(=O)(=O)c1ccc2nccc(Cl)c2c1.O=P(Cl)(Cl)Cl.c1ccc(Oc2ccccc2)cc1. The Bertz CT molecular complexity index is 4440. The van der Waals surface area contributed by atoms with E-state index in [1.807, 2.05) is 60.7 Å². The molecule has 2 fully saturated rings. The summed E-state index contributed by atoms with van der Waals surface area (Å²) >= 11 is 19.8. The minimum atomic E-state index is -3.28. The minimum absolute atomic E-state index is 0.159. The van der Waals surface area contributed by atoms with Gasteiger partial charge in [0, 0.05) is 105 Å². The highest BCUT2D eigenvalue weighted by atomic mass is 36.0. The number of pyridine rings is 2. The number of nitrogens with two attached hydrogens (primary N) is 1. The number of benzene rings is 6. The van der Waals surface area contributed by atoms with Gasteiger partial charge in [0.1, 0.15) is 17.9 Å². The van der Waals surface area contributed by atoms with Gasteiger partial charge < -0.3 is 39.7 Å². The molecule has 0 radical (unpaired) electrons. The van der Waals surface area contributed by atoms with E-state index in [1.54, 1.807) is 42.6 Å². The smallest absolute Gasteiger partial charge is 0.350 e. The Balaban J connectivity index is 0.000000233. The monoisotopic (exact) mass is 1430 g/mol. The zero-order chi connectivity index (χ0) is 68.3. The molecule has 0 saturated carbocycles. The number of hydrogen-bond donors (Lipinski definition) is 3. The van der Waals surface area contributed by atoms with Gasteiger partial charge in [0.2, 0.25) is 0 Å². The van der Waals surface area contributed by atoms with Crippen molar-refractivity contribution in [3.8, 4) is 11.5 Å². The Morgan fingerprint density at radius 3 is 1.41 bits per heavy atom. The molecule has 0 atom stereocenters. The molecule has 8 aromatic rings. The van der Waals surface area contributed by atoms with Crippen molar-refractivity contribution in [1.29, 1.82) is 0 Å². The van der Waals surface area contributed by atoms with Crippen molar-refractivity contribution in [2.75, 3.05) is 36.1 Å². The summed E-state index contributed by atoms with van der Waals surface area (Å²) in [6.07, 6.45) is 8.56. The number of carbonyl (C=O) groups is 4. The fourth-order valence-corrected chi connectivity index (χ4v) is 9.79. The van der Waals surface area contributed by atoms with E-state index in [0.717, 1.165) is 30.2 Å². The van der Waals surface area contributed by atoms with Crippen molar-refractivity contribution in [2.24, 2.45) is 0 Å². The molecule has 32 heteroatoms. The minimum Gasteiger partial charge on any atom is -0.457 e. The molecule has 2 saturated heterocycles. The lowest BCUT2D eigenvalue weighted by Crippen LogP contribution is -2.42. The van der Waals surface area contributed by atoms with Crippen LogP contribution in [0.25, 0.3) is 21.8 Å². The maximum Gasteiger partial charge on any atom is 0.350 e. The number of hydrogen-bond acceptors (Lipinski definition) is 22. The molecule has 0 spiro atoms. The fourth-order valence-electron chi connectivity index (χ4n) is 7.02. The number of nitrogens with zero attached hydrogens (tertiary/aromatic N) is 1. The summed E-state index contributed by atoms with van der Waals surface area (Å²) in [6, 6.07) is 43.7. The maximum absolute atomic E-state index is 11.7. The first-order chi connectivity index (χ1) is 42.0. The molecule has 0 unspecified atom stereocenters. The van der Waals surface area contributed by atoms with Crippen LogP contribution in [0.5, 0.6) is 11.5 Å². The fraction of sp³-hybridized carbons (Fsp3) is 0.186. The Hall–Kier alpha value is -7.85. The number of H-pyrrole nitrogens is 1. The molecule has 4 heterocycles. The lowest BCUT2D eigenvalue weighted by atomic mass is 10.2. The molecule has 91 heavy (non-hydrogen) atoms. The number of ether oxygens (including phenoxy) is 5. The highest BCUT2D eigenvalue weighted by molar-refractivity contribution is 8.24. The van der Waals surface area contributed by atoms with Crippen LogP contribution in [0.1, 0.15) is 34.1 Å². The first kappa shape index (κ1) is 75.6. The van der Waals surface area contributed by atoms with E-state index in [1.165, 1.54) is 107 Å². The zero-order valence-corrected chi connectivity index (χ0v) is 56.5. The van der Waals surface area contributed by atoms with Crippen LogP contribution in [0, 0.1) is 0 Å². The number of nitrogens with one attached hydrogen (secondary N) is 2. The third kappa shape index (κ3) is 27.3. The number of carbonyl (C=O) groups excluding carboxylic acids is 4. The summed E-state index contributed by atoms with van der Waals surface area (Å²) in [6.45, 7) is 5.94. The molecule has 0 amide bonds. The Kier molecular flexibility index (Phi) is 26.9. The lowest BCUT2D eigenvalue weighted by Gasteiger charge is -2.29. The topological polar surface area (TPSA) is 352 Å². The summed E-state index contributed by atoms with van der Waals surface area (Å²) in [5, 5.41) is 1.05. The molecule has 4 N–H and O–H groups in total. The molecule has 0 bridgehead atoms. The second kappa shape index (κ2) is 32.4. The molecule has 2 aromatic heterocycles. The summed E-state index contributed by atoms with van der Waals surface area (Å²) in [4.78, 5) is 63.9. The summed E-state index contributed by atoms with van der Waals surface area (Å²) in [5.41, 5.74) is 7.31. The van der Waals surface area contributed by atoms with Crippen molar-refractivity contribution in [3.05, 3.63) is 197 Å². The van der Waals surface area contributed by atoms with Crippen LogP contribution in [0.3, 0.4) is 0 Å². The Morgan fingerprint density at radius 2 is 0.967 bits per heavy atom. The van der Waals surface area contributed by atoms with Crippen LogP contribution >= 0.6 is 50.5 Å². The molecular formula is C59H59Cl4N4O19PS4. The van der Waals surface area contributed by atoms with E-state index in [-0.39, 0.29) is 32.1 Å². The average molecular weight is 1430 g/mol. The van der Waals surface area contributed by atoms with Crippen LogP contribution in [-0.2, 0) is 82.0 Å². The van der Waals surface area contributed by atoms with Gasteiger partial charge in [0.25, 0.3) is 11.6 Å². The molecule has 0 aliphatic carbocycles. The standard InChI is InChI=1S/C14H15NO6S.C12H10O.C10H8ClNO2S.C10H9NO3S.C7H9NO2S.C6H8O4.Cl3OP/c1-14(2)20-12(16)11(13(17)21-14)8-15-9-4-6-10(7-5-9)22(3,18)19;1-3-7-11(8-4-1)13-12-9-5-2-6-10-12;1-15(13,14)7-2-3-10-8(6-7)9(11)4-5-12-10;1-15(13,14)7-2-3-9-8(6-7)10(12)4-5-11-9;1-11(9,10)7-4-2-6(8)3-5-7;1-6(2)9-4(7)3-5(8)10-6;1-5(2,3)4/h4-8,15H,1-3H3;1-10H;2-6H,1H3;2-6H,1H3,(H,11,12);2-5H,8H2,1H3;3H2,1-2H3;. The first-order valence-corrected chi connectivity index (χ1v) is 38.1. The third-order valence-corrected chi connectivity index (χ3v) is 15.9. The quantitative estimate of drug-likeness (QED) is 0.0318. The van der Waals surface area contributed by atoms with Crippen LogP contribution in [0.4, 0.5) is 11.4 Å². The number of rotatable bonds is 8. The number of anilines is 2. The second-order valence-electron chi connectivity index (χ2n) is 19.7. The lowest BCUT2D eigenvalue weighted by molar-refractivity contribution is -0.231. The zero-order valence-electron chi connectivity index (χ0n) is 49.3. The summed E-state index contributed by atoms with van der Waals surface area (Å²) in [5.74, 6) is -3.26. The predicted octanol–water partition coefficient (Wildman–Crippen LogP) is 11.6. The van der Waals surface area contributed by atoms with Crippen LogP contribution in [0.2, 0.25) is 5.02 Å². The summed E-state index contributed by atoms with van der Waals surface area (Å²) < 4.78 is 124. The van der Waals surface area contributed by atoms with Crippen molar-refractivity contribution in [3.63, 3.8) is 0 Å². The molecular weight excluding hydrogens is 1370 g/mol. The number of para-hydroxylation sites is 2. The second-order valence-corrected chi connectivity index (χ2v) is 34.8. The molecule has 2 aliphatic heterocycles. The number of sulfone groups is 4. The van der Waals surface area contributed by atoms with Gasteiger partial charge in [-0.1, -0.05) is 48.0 Å². The van der Waals surface area contributed by atoms with Crippen molar-refractivity contribution < 1.29 is 81.1 Å². The van der Waals surface area contributed by atoms with E-state index in [0.29, 0.717) is 43.1 Å². The normalized spacial score (nSPS) is 14.1. The van der Waals surface area contributed by atoms with E-state index in [4.69, 9.17) is 31.5 Å². The summed E-state index contributed by atoms with van der Waals surface area (Å²) in [7, 11) is -12.8. The average Bonchev–Trinajstić information content (AvgIpc) is 1.01. The first-order valence-electron chi connectivity index (χ1n) is 25.8. The van der Waals surface area contributed by atoms with Gasteiger partial charge in [0.15, 0.2) is 50.4 Å². The van der Waals surface area contributed by atoms with Gasteiger partial charge in [-0.3, -0.25) is 23.9 Å². The van der Waals surface area contributed by atoms with E-state index in [9.17, 15) is 62.2 Å². The molecule has 2 aliphatic rings. The number of aromatic nitrogens is 2. The van der Waals surface area contributed by atoms with E-state index >= 15 is 0 Å². The molecule has 486 valence electrons. The maximum atomic E-state index is 11.7. The van der Waals surface area contributed by atoms with Crippen molar-refractivity contribution in [1.82, 2.24) is 9.97 Å². The van der Waals surface area contributed by atoms with Crippen LogP contribution < -0.4 is 21.2 Å². The van der Waals surface area contributed by atoms with Gasteiger partial charge in [-0.2, -0.15) is 0 Å². The number of cyclic esters (lactones) is 4. The molecule has 6 aromatic carbocycles. The number of nitrogen functional groups attached to an aromatic ring is 1. The van der Waals surface area contributed by atoms with Crippen LogP contribution in [-0.4, -0.2) is 104 Å². The Morgan fingerprint density at radius 1 is 0.560 bits per heavy atom. The highest BCUT2D eigenvalue weighted by Gasteiger charge is 2.39. The largest absolute Gasteiger partial charge is 0.457 e. The number of esters is 4. The van der Waals surface area contributed by atoms with Crippen molar-refractivity contribution >= 4 is 147 Å². The van der Waals surface area contributed by atoms with Gasteiger partial charge in [-0.15, -0.1) is 0 Å². The third-order valence-electron chi connectivity index (χ3n) is 11.1. The van der Waals surface area contributed by atoms with Crippen LogP contribution in [0.15, 0.2) is 206 Å². The van der Waals surface area contributed by atoms with E-state index in [2.05, 4.69) is 58.5 Å². The van der Waals surface area contributed by atoms with Crippen molar-refractivity contribution in [2.45, 2.75) is 65.3 Å². The van der Waals surface area contributed by atoms with Gasteiger partial charge in [-0.05, 0) is 149 Å². The molecule has 23 nitrogen and oxygen atoms in total. The van der Waals surface area contributed by atoms with E-state index < -0.39 is 80.0 Å². The van der Waals surface area contributed by atoms with Gasteiger partial charge in [-0.25, -0.2) is 43.3 Å². The van der Waals surface area contributed by atoms with Gasteiger partial charge in [0.05, 0.1) is 30.1 Å². The number of halogens is 4.